The van der Waals surface area contributed by atoms with E-state index in [0.717, 1.165) is 12.1 Å². The van der Waals surface area contributed by atoms with E-state index >= 15 is 0 Å². The van der Waals surface area contributed by atoms with Gasteiger partial charge in [0.05, 0.1) is 17.9 Å². The minimum absolute atomic E-state index is 0.00871. The Hall–Kier alpha value is -2.11. The van der Waals surface area contributed by atoms with Crippen LogP contribution < -0.4 is 4.74 Å². The second kappa shape index (κ2) is 7.02. The molecule has 3 aromatic rings. The van der Waals surface area contributed by atoms with E-state index in [0.29, 0.717) is 23.1 Å². The van der Waals surface area contributed by atoms with E-state index in [4.69, 9.17) is 27.9 Å². The van der Waals surface area contributed by atoms with Crippen LogP contribution in [-0.2, 0) is 0 Å². The number of nitrogens with zero attached hydrogens (tertiary/aromatic N) is 2. The van der Waals surface area contributed by atoms with Crippen molar-refractivity contribution in [3.05, 3.63) is 64.0 Å². The first-order valence-electron chi connectivity index (χ1n) is 7.55. The predicted molar refractivity (Wildman–Crippen MR) is 94.8 cm³/mol. The maximum atomic E-state index is 14.6. The number of ether oxygens (including phenoxy) is 1. The fourth-order valence-corrected chi connectivity index (χ4v) is 3.07. The topological polar surface area (TPSA) is 27.1 Å². The van der Waals surface area contributed by atoms with Gasteiger partial charge in [0.25, 0.3) is 0 Å². The average molecular weight is 383 g/mol. The normalized spacial score (nSPS) is 11.0. The van der Waals surface area contributed by atoms with Crippen LogP contribution in [-0.4, -0.2) is 16.2 Å². The molecule has 25 heavy (non-hydrogen) atoms. The van der Waals surface area contributed by atoms with Gasteiger partial charge in [-0.15, -0.1) is 0 Å². The summed E-state index contributed by atoms with van der Waals surface area (Å²) in [5, 5.41) is 0.557. The molecule has 3 rings (SSSR count). The van der Waals surface area contributed by atoms with Crippen LogP contribution >= 0.6 is 23.2 Å². The van der Waals surface area contributed by atoms with E-state index < -0.39 is 11.6 Å². The van der Waals surface area contributed by atoms with Gasteiger partial charge in [-0.2, -0.15) is 0 Å². The van der Waals surface area contributed by atoms with Gasteiger partial charge < -0.3 is 4.74 Å². The van der Waals surface area contributed by atoms with Crippen molar-refractivity contribution >= 4 is 23.2 Å². The number of rotatable bonds is 4. The molecule has 130 valence electrons. The molecule has 1 heterocycles. The Balaban J connectivity index is 2.23. The maximum absolute atomic E-state index is 14.6. The van der Waals surface area contributed by atoms with E-state index in [1.165, 1.54) is 0 Å². The van der Waals surface area contributed by atoms with E-state index in [1.807, 2.05) is 0 Å². The van der Waals surface area contributed by atoms with Crippen molar-refractivity contribution in [3.8, 4) is 22.7 Å². The molecule has 0 fully saturated rings. The highest BCUT2D eigenvalue weighted by Crippen LogP contribution is 2.36. The van der Waals surface area contributed by atoms with Crippen LogP contribution in [0, 0.1) is 18.6 Å². The molecule has 0 bridgehead atoms. The van der Waals surface area contributed by atoms with Gasteiger partial charge in [0, 0.05) is 22.8 Å². The zero-order valence-corrected chi connectivity index (χ0v) is 15.0. The molecule has 0 radical (unpaired) electrons. The van der Waals surface area contributed by atoms with Crippen LogP contribution in [0.2, 0.25) is 10.2 Å². The third kappa shape index (κ3) is 3.34. The summed E-state index contributed by atoms with van der Waals surface area (Å²) in [6, 6.07) is 9.07. The molecule has 3 nitrogen and oxygen atoms in total. The molecule has 0 saturated carbocycles. The average Bonchev–Trinajstić information content (AvgIpc) is 2.82. The van der Waals surface area contributed by atoms with Gasteiger partial charge in [0.15, 0.2) is 5.15 Å². The Morgan fingerprint density at radius 1 is 1.08 bits per heavy atom. The van der Waals surface area contributed by atoms with Crippen LogP contribution in [0.15, 0.2) is 36.4 Å². The van der Waals surface area contributed by atoms with Gasteiger partial charge in [0.2, 0.25) is 0 Å². The van der Waals surface area contributed by atoms with Gasteiger partial charge in [-0.3, -0.25) is 4.57 Å². The first-order valence-corrected chi connectivity index (χ1v) is 8.31. The Morgan fingerprint density at radius 3 is 2.24 bits per heavy atom. The summed E-state index contributed by atoms with van der Waals surface area (Å²) >= 11 is 12.1. The molecular formula is C18H14Cl2F2N2O. The molecule has 0 spiro atoms. The third-order valence-electron chi connectivity index (χ3n) is 3.65. The molecule has 1 aromatic heterocycles. The lowest BCUT2D eigenvalue weighted by Gasteiger charge is -2.13. The largest absolute Gasteiger partial charge is 0.494 e. The van der Waals surface area contributed by atoms with Crippen LogP contribution in [0.25, 0.3) is 16.9 Å². The fourth-order valence-electron chi connectivity index (χ4n) is 2.65. The molecule has 0 amide bonds. The number of aromatic nitrogens is 2. The molecule has 0 saturated heterocycles. The van der Waals surface area contributed by atoms with Crippen molar-refractivity contribution in [1.29, 1.82) is 0 Å². The lowest BCUT2D eigenvalue weighted by molar-refractivity contribution is 0.336. The highest BCUT2D eigenvalue weighted by molar-refractivity contribution is 6.32. The zero-order chi connectivity index (χ0) is 18.1. The Bertz CT molecular complexity index is 901. The van der Waals surface area contributed by atoms with E-state index in [2.05, 4.69) is 4.98 Å². The first-order chi connectivity index (χ1) is 11.9. The summed E-state index contributed by atoms with van der Waals surface area (Å²) in [5.74, 6) is -0.942. The van der Waals surface area contributed by atoms with E-state index in [9.17, 15) is 8.78 Å². The van der Waals surface area contributed by atoms with Crippen LogP contribution in [0.4, 0.5) is 8.78 Å². The summed E-state index contributed by atoms with van der Waals surface area (Å²) in [7, 11) is 0. The van der Waals surface area contributed by atoms with Gasteiger partial charge in [-0.05, 0) is 38.1 Å². The van der Waals surface area contributed by atoms with E-state index in [-0.39, 0.29) is 22.2 Å². The molecule has 7 heteroatoms. The standard InChI is InChI=1S/C18H14Cl2F2N2O/c1-3-25-13-8-14(21)16(15(22)9-13)17-18(20)23-10(2)24(17)12-6-4-11(19)5-7-12/h4-9H,3H2,1-2H3. The molecule has 2 aromatic carbocycles. The quantitative estimate of drug-likeness (QED) is 0.567. The zero-order valence-electron chi connectivity index (χ0n) is 13.5. The smallest absolute Gasteiger partial charge is 0.155 e. The molecule has 0 N–H and O–H groups in total. The molecule has 0 atom stereocenters. The number of aryl methyl sites for hydroxylation is 1. The second-order valence-corrected chi connectivity index (χ2v) is 6.10. The van der Waals surface area contributed by atoms with Gasteiger partial charge in [0.1, 0.15) is 23.2 Å². The summed E-state index contributed by atoms with van der Waals surface area (Å²) in [6.45, 7) is 3.74. The third-order valence-corrected chi connectivity index (χ3v) is 4.17. The van der Waals surface area contributed by atoms with Gasteiger partial charge in [-0.1, -0.05) is 23.2 Å². The first kappa shape index (κ1) is 17.7. The van der Waals surface area contributed by atoms with Crippen molar-refractivity contribution in [1.82, 2.24) is 9.55 Å². The van der Waals surface area contributed by atoms with Gasteiger partial charge in [-0.25, -0.2) is 13.8 Å². The molecule has 0 unspecified atom stereocenters. The monoisotopic (exact) mass is 382 g/mol. The number of imidazole rings is 1. The Kier molecular flexibility index (Phi) is 4.97. The molecule has 0 aliphatic carbocycles. The van der Waals surface area contributed by atoms with Crippen LogP contribution in [0.3, 0.4) is 0 Å². The van der Waals surface area contributed by atoms with E-state index in [1.54, 1.807) is 42.7 Å². The summed E-state index contributed by atoms with van der Waals surface area (Å²) in [6.07, 6.45) is 0. The Labute approximate surface area is 153 Å². The summed E-state index contributed by atoms with van der Waals surface area (Å²) in [4.78, 5) is 4.16. The second-order valence-electron chi connectivity index (χ2n) is 5.31. The summed E-state index contributed by atoms with van der Waals surface area (Å²) in [5.41, 5.74) is 0.521. The number of hydrogen-bond acceptors (Lipinski definition) is 2. The highest BCUT2D eigenvalue weighted by atomic mass is 35.5. The summed E-state index contributed by atoms with van der Waals surface area (Å²) < 4.78 is 36.0. The number of halogens is 4. The minimum atomic E-state index is -0.777. The van der Waals surface area contributed by atoms with Crippen LogP contribution in [0.5, 0.6) is 5.75 Å². The van der Waals surface area contributed by atoms with Crippen molar-refractivity contribution in [2.24, 2.45) is 0 Å². The van der Waals surface area contributed by atoms with Crippen molar-refractivity contribution in [2.75, 3.05) is 6.61 Å². The Morgan fingerprint density at radius 2 is 1.68 bits per heavy atom. The SMILES string of the molecule is CCOc1cc(F)c(-c2c(Cl)nc(C)n2-c2ccc(Cl)cc2)c(F)c1. The predicted octanol–water partition coefficient (Wildman–Crippen LogP) is 5.83. The maximum Gasteiger partial charge on any atom is 0.155 e. The number of hydrogen-bond donors (Lipinski definition) is 0. The van der Waals surface area contributed by atoms with Crippen LogP contribution in [0.1, 0.15) is 12.7 Å². The van der Waals surface area contributed by atoms with Crippen molar-refractivity contribution in [3.63, 3.8) is 0 Å². The molecular weight excluding hydrogens is 369 g/mol. The molecule has 0 aliphatic rings. The number of benzene rings is 2. The lowest BCUT2D eigenvalue weighted by Crippen LogP contribution is -2.03. The lowest BCUT2D eigenvalue weighted by atomic mass is 10.1. The van der Waals surface area contributed by atoms with Gasteiger partial charge >= 0.3 is 0 Å². The molecule has 0 aliphatic heterocycles. The van der Waals surface area contributed by atoms with Crippen molar-refractivity contribution in [2.45, 2.75) is 13.8 Å². The fraction of sp³-hybridized carbons (Fsp3) is 0.167. The van der Waals surface area contributed by atoms with Crippen molar-refractivity contribution < 1.29 is 13.5 Å². The highest BCUT2D eigenvalue weighted by Gasteiger charge is 2.24. The minimum Gasteiger partial charge on any atom is -0.494 e.